The molecule has 0 heterocycles. The minimum Gasteiger partial charge on any atom is -0.482 e. The Balaban J connectivity index is 2.87. The number of hydrogen-bond donors (Lipinski definition) is 1. The van der Waals surface area contributed by atoms with Crippen LogP contribution in [0.15, 0.2) is 71.1 Å². The molecule has 2 N–H and O–H groups in total. The number of hydrogen-bond acceptors (Lipinski definition) is 5. The van der Waals surface area contributed by atoms with Crippen LogP contribution in [0, 0.1) is 0 Å². The van der Waals surface area contributed by atoms with Crippen molar-refractivity contribution in [2.45, 2.75) is 26.3 Å². The molecule has 1 unspecified atom stereocenters. The molecule has 0 saturated carbocycles. The second-order valence-corrected chi connectivity index (χ2v) is 4.95. The van der Waals surface area contributed by atoms with Crippen LogP contribution in [0.4, 0.5) is 0 Å². The first-order chi connectivity index (χ1) is 11.6. The highest BCUT2D eigenvalue weighted by atomic mass is 16.5. The summed E-state index contributed by atoms with van der Waals surface area (Å²) in [5, 5.41) is 7.98. The van der Waals surface area contributed by atoms with Gasteiger partial charge < -0.3 is 15.2 Å². The second kappa shape index (κ2) is 11.0. The summed E-state index contributed by atoms with van der Waals surface area (Å²) in [5.74, 6) is 1.87. The lowest BCUT2D eigenvalue weighted by atomic mass is 10.1. The molecular formula is C19H25N3O2. The second-order valence-electron chi connectivity index (χ2n) is 4.95. The third kappa shape index (κ3) is 6.62. The molecular weight excluding hydrogens is 302 g/mol. The van der Waals surface area contributed by atoms with Crippen LogP contribution in [-0.2, 0) is 11.2 Å². The van der Waals surface area contributed by atoms with Crippen LogP contribution in [0.25, 0.3) is 0 Å². The lowest BCUT2D eigenvalue weighted by Crippen LogP contribution is -2.27. The van der Waals surface area contributed by atoms with Gasteiger partial charge >= 0.3 is 0 Å². The molecule has 0 amide bonds. The molecule has 128 valence electrons. The smallest absolute Gasteiger partial charge is 0.225 e. The third-order valence-corrected chi connectivity index (χ3v) is 2.96. The van der Waals surface area contributed by atoms with E-state index in [1.165, 1.54) is 7.11 Å². The Morgan fingerprint density at radius 3 is 2.75 bits per heavy atom. The van der Waals surface area contributed by atoms with Crippen molar-refractivity contribution in [3.05, 3.63) is 66.5 Å². The summed E-state index contributed by atoms with van der Waals surface area (Å²) < 4.78 is 11.0. The summed E-state index contributed by atoms with van der Waals surface area (Å²) in [7, 11) is 1.52. The Kier molecular flexibility index (Phi) is 8.86. The predicted molar refractivity (Wildman–Crippen MR) is 100 cm³/mol. The van der Waals surface area contributed by atoms with Gasteiger partial charge in [0.05, 0.1) is 13.2 Å². The Hall–Kier alpha value is -2.66. The fourth-order valence-corrected chi connectivity index (χ4v) is 1.86. The Morgan fingerprint density at radius 2 is 2.12 bits per heavy atom. The van der Waals surface area contributed by atoms with E-state index < -0.39 is 0 Å². The number of allylic oxidation sites excluding steroid dienone is 4. The third-order valence-electron chi connectivity index (χ3n) is 2.96. The zero-order valence-corrected chi connectivity index (χ0v) is 14.5. The summed E-state index contributed by atoms with van der Waals surface area (Å²) in [6, 6.07) is 7.48. The average Bonchev–Trinajstić information content (AvgIpc) is 2.56. The minimum absolute atomic E-state index is 0.296. The molecule has 1 aromatic carbocycles. The van der Waals surface area contributed by atoms with Gasteiger partial charge in [-0.25, -0.2) is 0 Å². The predicted octanol–water partition coefficient (Wildman–Crippen LogP) is 3.63. The van der Waals surface area contributed by atoms with E-state index in [9.17, 15) is 0 Å². The first-order valence-corrected chi connectivity index (χ1v) is 7.72. The van der Waals surface area contributed by atoms with Crippen LogP contribution in [0.5, 0.6) is 5.75 Å². The van der Waals surface area contributed by atoms with Crippen molar-refractivity contribution in [2.75, 3.05) is 7.11 Å². The number of para-hydroxylation sites is 1. The van der Waals surface area contributed by atoms with Gasteiger partial charge in [0, 0.05) is 18.2 Å². The number of methoxy groups -OCH3 is 1. The summed E-state index contributed by atoms with van der Waals surface area (Å²) in [5.41, 5.74) is 6.70. The molecule has 5 nitrogen and oxygen atoms in total. The molecule has 0 aliphatic rings. The maximum atomic E-state index is 5.92. The van der Waals surface area contributed by atoms with E-state index in [0.29, 0.717) is 18.1 Å². The van der Waals surface area contributed by atoms with Crippen LogP contribution in [0.2, 0.25) is 0 Å². The summed E-state index contributed by atoms with van der Waals surface area (Å²) in [4.78, 5) is 0. The highest BCUT2D eigenvalue weighted by Gasteiger charge is 2.05. The Labute approximate surface area is 143 Å². The molecule has 5 heteroatoms. The van der Waals surface area contributed by atoms with E-state index in [4.69, 9.17) is 15.2 Å². The topological polar surface area (TPSA) is 69.2 Å². The molecule has 0 aliphatic heterocycles. The Bertz CT molecular complexity index is 644. The summed E-state index contributed by atoms with van der Waals surface area (Å²) in [6.45, 7) is 7.42. The highest BCUT2D eigenvalue weighted by Crippen LogP contribution is 2.21. The van der Waals surface area contributed by atoms with E-state index in [1.54, 1.807) is 19.2 Å². The summed E-state index contributed by atoms with van der Waals surface area (Å²) in [6.07, 6.45) is 9.55. The molecule has 0 radical (unpaired) electrons. The van der Waals surface area contributed by atoms with Crippen LogP contribution in [0.1, 0.15) is 19.4 Å². The number of nitrogens with two attached hydrogens (primary N) is 1. The molecule has 1 rings (SSSR count). The molecule has 0 spiro atoms. The van der Waals surface area contributed by atoms with Gasteiger partial charge in [-0.1, -0.05) is 36.9 Å². The van der Waals surface area contributed by atoms with Crippen molar-refractivity contribution < 1.29 is 9.47 Å². The van der Waals surface area contributed by atoms with Gasteiger partial charge in [0.25, 0.3) is 0 Å². The molecule has 0 fully saturated rings. The van der Waals surface area contributed by atoms with Gasteiger partial charge in [-0.15, -0.1) is 5.10 Å². The van der Waals surface area contributed by atoms with Crippen molar-refractivity contribution in [3.8, 4) is 5.75 Å². The van der Waals surface area contributed by atoms with Gasteiger partial charge in [0.15, 0.2) is 0 Å². The fraction of sp³-hybridized carbons (Fsp3) is 0.263. The van der Waals surface area contributed by atoms with Gasteiger partial charge in [-0.3, -0.25) is 0 Å². The normalized spacial score (nSPS) is 14.2. The van der Waals surface area contributed by atoms with Crippen molar-refractivity contribution in [1.29, 1.82) is 0 Å². The maximum Gasteiger partial charge on any atom is 0.225 e. The van der Waals surface area contributed by atoms with Crippen LogP contribution in [0.3, 0.4) is 0 Å². The lowest BCUT2D eigenvalue weighted by Gasteiger charge is -2.10. The number of nitrogens with zero attached hydrogens (tertiary/aromatic N) is 2. The van der Waals surface area contributed by atoms with Crippen molar-refractivity contribution >= 4 is 12.1 Å². The molecule has 1 atom stereocenters. The van der Waals surface area contributed by atoms with E-state index >= 15 is 0 Å². The van der Waals surface area contributed by atoms with Gasteiger partial charge in [-0.2, -0.15) is 5.10 Å². The van der Waals surface area contributed by atoms with Crippen molar-refractivity contribution in [2.24, 2.45) is 15.9 Å². The average molecular weight is 327 g/mol. The van der Waals surface area contributed by atoms with Crippen LogP contribution in [-0.4, -0.2) is 25.3 Å². The Morgan fingerprint density at radius 1 is 1.38 bits per heavy atom. The molecule has 1 aromatic rings. The molecule has 24 heavy (non-hydrogen) atoms. The zero-order chi connectivity index (χ0) is 17.8. The molecule has 0 aromatic heterocycles. The number of rotatable bonds is 8. The van der Waals surface area contributed by atoms with Crippen molar-refractivity contribution in [1.82, 2.24) is 0 Å². The lowest BCUT2D eigenvalue weighted by molar-refractivity contribution is 0.382. The van der Waals surface area contributed by atoms with Gasteiger partial charge in [0.1, 0.15) is 11.5 Å². The van der Waals surface area contributed by atoms with E-state index in [2.05, 4.69) is 16.8 Å². The quantitative estimate of drug-likeness (QED) is 0.261. The minimum atomic E-state index is -0.296. The monoisotopic (exact) mass is 327 g/mol. The molecule has 0 aliphatic carbocycles. The van der Waals surface area contributed by atoms with Crippen LogP contribution < -0.4 is 10.5 Å². The molecule has 0 saturated heterocycles. The van der Waals surface area contributed by atoms with Crippen molar-refractivity contribution in [3.63, 3.8) is 0 Å². The standard InChI is InChI=1S/C19H25N3O2/c1-5-9-17(10-6-2)24-18-12-8-7-11-16(18)13-14-21-22-19(23-4)15(3)20/h5-12,14-15H,1,13,20H2,2-4H3/b10-6-,17-9+,21-14+,22-19-. The maximum absolute atomic E-state index is 5.92. The number of benzene rings is 1. The first-order valence-electron chi connectivity index (χ1n) is 7.72. The largest absolute Gasteiger partial charge is 0.482 e. The van der Waals surface area contributed by atoms with Crippen LogP contribution >= 0.6 is 0 Å². The first kappa shape index (κ1) is 19.4. The van der Waals surface area contributed by atoms with Gasteiger partial charge in [0.2, 0.25) is 5.90 Å². The SMILES string of the molecule is C=C/C=C(\C=C/C)Oc1ccccc1C/C=N/N=C(\OC)C(C)N. The van der Waals surface area contributed by atoms with E-state index in [0.717, 1.165) is 11.3 Å². The van der Waals surface area contributed by atoms with E-state index in [1.807, 2.05) is 49.4 Å². The zero-order valence-electron chi connectivity index (χ0n) is 14.5. The number of ether oxygens (including phenoxy) is 2. The molecule has 0 bridgehead atoms. The fourth-order valence-electron chi connectivity index (χ4n) is 1.86. The van der Waals surface area contributed by atoms with Gasteiger partial charge in [-0.05, 0) is 32.1 Å². The summed E-state index contributed by atoms with van der Waals surface area (Å²) >= 11 is 0. The highest BCUT2D eigenvalue weighted by molar-refractivity contribution is 5.81. The van der Waals surface area contributed by atoms with E-state index in [-0.39, 0.29) is 6.04 Å².